The van der Waals surface area contributed by atoms with Crippen molar-refractivity contribution in [2.75, 3.05) is 0 Å². The summed E-state index contributed by atoms with van der Waals surface area (Å²) >= 11 is 0. The van der Waals surface area contributed by atoms with E-state index in [1.807, 2.05) is 0 Å². The van der Waals surface area contributed by atoms with E-state index in [-0.39, 0.29) is 16.9 Å². The summed E-state index contributed by atoms with van der Waals surface area (Å²) in [4.78, 5) is 12.3. The van der Waals surface area contributed by atoms with Gasteiger partial charge in [-0.15, -0.1) is 13.2 Å². The molecular weight excluding hydrogens is 413 g/mol. The number of hydrogen-bond donors (Lipinski definition) is 0. The van der Waals surface area contributed by atoms with Crippen LogP contribution in [0.3, 0.4) is 0 Å². The minimum Gasteiger partial charge on any atom is -0.423 e. The van der Waals surface area contributed by atoms with Crippen LogP contribution >= 0.6 is 0 Å². The zero-order valence-electron chi connectivity index (χ0n) is 17.5. The van der Waals surface area contributed by atoms with E-state index in [1.54, 1.807) is 24.3 Å². The molecule has 0 aliphatic rings. The van der Waals surface area contributed by atoms with E-state index >= 15 is 0 Å². The highest BCUT2D eigenvalue weighted by Crippen LogP contribution is 2.29. The van der Waals surface area contributed by atoms with Crippen LogP contribution in [0, 0.1) is 17.5 Å². The highest BCUT2D eigenvalue weighted by Gasteiger charge is 2.15. The Morgan fingerprint density at radius 3 is 2.06 bits per heavy atom. The molecule has 0 N–H and O–H groups in total. The van der Waals surface area contributed by atoms with E-state index in [0.29, 0.717) is 42.4 Å². The van der Waals surface area contributed by atoms with Crippen molar-refractivity contribution in [1.82, 2.24) is 0 Å². The third kappa shape index (κ3) is 5.35. The summed E-state index contributed by atoms with van der Waals surface area (Å²) in [6, 6.07) is 13.3. The number of carbonyl (C=O) groups is 1. The van der Waals surface area contributed by atoms with Gasteiger partial charge < -0.3 is 4.74 Å². The standard InChI is InChI=1S/C27H23F3O2/c1-3-5-7-19-9-10-21(17-24(19)28)27(31)32-22-14-11-18(12-15-22)23-16-13-20(8-6-4-2)25(29)26(23)30/h3-4,9-17H,1-2,5-8H2. The van der Waals surface area contributed by atoms with Crippen molar-refractivity contribution < 1.29 is 22.7 Å². The summed E-state index contributed by atoms with van der Waals surface area (Å²) < 4.78 is 48.3. The van der Waals surface area contributed by atoms with E-state index in [1.165, 1.54) is 36.4 Å². The summed E-state index contributed by atoms with van der Waals surface area (Å²) in [5, 5.41) is 0. The average molecular weight is 436 g/mol. The Hall–Kier alpha value is -3.60. The van der Waals surface area contributed by atoms with Gasteiger partial charge in [0.25, 0.3) is 0 Å². The van der Waals surface area contributed by atoms with Crippen LogP contribution in [0.4, 0.5) is 13.2 Å². The topological polar surface area (TPSA) is 26.3 Å². The van der Waals surface area contributed by atoms with Crippen molar-refractivity contribution in [3.63, 3.8) is 0 Å². The largest absolute Gasteiger partial charge is 0.423 e. The Bertz CT molecular complexity index is 1130. The van der Waals surface area contributed by atoms with E-state index in [4.69, 9.17) is 4.74 Å². The number of esters is 1. The molecule has 2 nitrogen and oxygen atoms in total. The molecule has 3 aromatic carbocycles. The first-order valence-electron chi connectivity index (χ1n) is 10.2. The molecule has 0 saturated heterocycles. The zero-order chi connectivity index (χ0) is 23.1. The second kappa shape index (κ2) is 10.6. The summed E-state index contributed by atoms with van der Waals surface area (Å²) in [6.07, 6.45) is 5.40. The number of carbonyl (C=O) groups excluding carboxylic acids is 1. The van der Waals surface area contributed by atoms with Crippen molar-refractivity contribution >= 4 is 5.97 Å². The van der Waals surface area contributed by atoms with Crippen molar-refractivity contribution in [3.8, 4) is 16.9 Å². The second-order valence-corrected chi connectivity index (χ2v) is 7.27. The summed E-state index contributed by atoms with van der Waals surface area (Å²) in [7, 11) is 0. The first kappa shape index (κ1) is 23.1. The Morgan fingerprint density at radius 1 is 0.812 bits per heavy atom. The number of allylic oxidation sites excluding steroid dienone is 2. The molecule has 0 saturated carbocycles. The molecule has 0 atom stereocenters. The first-order valence-corrected chi connectivity index (χ1v) is 10.2. The Kier molecular flexibility index (Phi) is 7.66. The van der Waals surface area contributed by atoms with Crippen molar-refractivity contribution in [3.05, 3.63) is 114 Å². The van der Waals surface area contributed by atoms with E-state index in [9.17, 15) is 18.0 Å². The Morgan fingerprint density at radius 2 is 1.44 bits per heavy atom. The van der Waals surface area contributed by atoms with E-state index in [0.717, 1.165) is 6.07 Å². The Labute approximate surface area is 185 Å². The van der Waals surface area contributed by atoms with Crippen molar-refractivity contribution in [2.45, 2.75) is 25.7 Å². The minimum absolute atomic E-state index is 0.0807. The van der Waals surface area contributed by atoms with Crippen LogP contribution in [0.15, 0.2) is 79.9 Å². The predicted octanol–water partition coefficient (Wildman–Crippen LogP) is 7.23. The lowest BCUT2D eigenvalue weighted by atomic mass is 10.0. The Balaban J connectivity index is 1.73. The van der Waals surface area contributed by atoms with E-state index in [2.05, 4.69) is 13.2 Å². The number of halogens is 3. The van der Waals surface area contributed by atoms with Gasteiger partial charge in [-0.25, -0.2) is 18.0 Å². The molecule has 3 rings (SSSR count). The number of benzene rings is 3. The minimum atomic E-state index is -0.927. The summed E-state index contributed by atoms with van der Waals surface area (Å²) in [5.74, 6) is -2.79. The molecule has 0 bridgehead atoms. The van der Waals surface area contributed by atoms with Crippen LogP contribution in [-0.4, -0.2) is 5.97 Å². The number of hydrogen-bond acceptors (Lipinski definition) is 2. The third-order valence-electron chi connectivity index (χ3n) is 5.06. The molecule has 0 aliphatic carbocycles. The SMILES string of the molecule is C=CCCc1ccc(C(=O)Oc2ccc(-c3ccc(CCC=C)c(F)c3F)cc2)cc1F. The first-order chi connectivity index (χ1) is 15.4. The van der Waals surface area contributed by atoms with Gasteiger partial charge in [0, 0.05) is 5.56 Å². The van der Waals surface area contributed by atoms with Crippen LogP contribution in [0.25, 0.3) is 11.1 Å². The molecule has 0 heterocycles. The summed E-state index contributed by atoms with van der Waals surface area (Å²) in [6.45, 7) is 7.19. The fourth-order valence-electron chi connectivity index (χ4n) is 3.27. The van der Waals surface area contributed by atoms with Gasteiger partial charge in [0.1, 0.15) is 11.6 Å². The molecule has 0 spiro atoms. The number of ether oxygens (including phenoxy) is 1. The van der Waals surface area contributed by atoms with E-state index < -0.39 is 23.4 Å². The monoisotopic (exact) mass is 436 g/mol. The number of aryl methyl sites for hydroxylation is 2. The van der Waals surface area contributed by atoms with Crippen LogP contribution < -0.4 is 4.74 Å². The zero-order valence-corrected chi connectivity index (χ0v) is 17.5. The lowest BCUT2D eigenvalue weighted by Gasteiger charge is -2.10. The van der Waals surface area contributed by atoms with Gasteiger partial charge in [-0.1, -0.05) is 42.5 Å². The normalized spacial score (nSPS) is 10.6. The molecule has 0 aromatic heterocycles. The van der Waals surface area contributed by atoms with Gasteiger partial charge in [0.2, 0.25) is 0 Å². The highest BCUT2D eigenvalue weighted by atomic mass is 19.2. The van der Waals surface area contributed by atoms with Gasteiger partial charge in [-0.3, -0.25) is 0 Å². The molecule has 164 valence electrons. The molecule has 5 heteroatoms. The molecule has 0 aliphatic heterocycles. The van der Waals surface area contributed by atoms with Crippen LogP contribution in [0.5, 0.6) is 5.75 Å². The third-order valence-corrected chi connectivity index (χ3v) is 5.06. The van der Waals surface area contributed by atoms with Gasteiger partial charge in [0.05, 0.1) is 5.56 Å². The maximum absolute atomic E-state index is 14.5. The smallest absolute Gasteiger partial charge is 0.343 e. The number of rotatable bonds is 9. The fourth-order valence-corrected chi connectivity index (χ4v) is 3.27. The molecular formula is C27H23F3O2. The van der Waals surface area contributed by atoms with Gasteiger partial charge in [-0.2, -0.15) is 0 Å². The maximum atomic E-state index is 14.5. The molecule has 3 aromatic rings. The van der Waals surface area contributed by atoms with Gasteiger partial charge in [-0.05, 0) is 66.6 Å². The van der Waals surface area contributed by atoms with Crippen LogP contribution in [0.2, 0.25) is 0 Å². The van der Waals surface area contributed by atoms with Crippen LogP contribution in [0.1, 0.15) is 34.3 Å². The lowest BCUT2D eigenvalue weighted by Crippen LogP contribution is -2.09. The van der Waals surface area contributed by atoms with Crippen LogP contribution in [-0.2, 0) is 12.8 Å². The quantitative estimate of drug-likeness (QED) is 0.201. The van der Waals surface area contributed by atoms with Gasteiger partial charge in [0.15, 0.2) is 11.6 Å². The second-order valence-electron chi connectivity index (χ2n) is 7.27. The molecule has 0 amide bonds. The molecule has 32 heavy (non-hydrogen) atoms. The highest BCUT2D eigenvalue weighted by molar-refractivity contribution is 5.91. The summed E-state index contributed by atoms with van der Waals surface area (Å²) in [5.41, 5.74) is 1.42. The van der Waals surface area contributed by atoms with Crippen molar-refractivity contribution in [2.24, 2.45) is 0 Å². The fraction of sp³-hybridized carbons (Fsp3) is 0.148. The maximum Gasteiger partial charge on any atom is 0.343 e. The molecule has 0 fully saturated rings. The predicted molar refractivity (Wildman–Crippen MR) is 120 cm³/mol. The average Bonchev–Trinajstić information content (AvgIpc) is 2.80. The molecule has 0 unspecified atom stereocenters. The lowest BCUT2D eigenvalue weighted by molar-refractivity contribution is 0.0734. The molecule has 0 radical (unpaired) electrons. The van der Waals surface area contributed by atoms with Crippen molar-refractivity contribution in [1.29, 1.82) is 0 Å². The van der Waals surface area contributed by atoms with Gasteiger partial charge >= 0.3 is 5.97 Å².